The number of aromatic amines is 1. The molecule has 1 aliphatic rings. The second kappa shape index (κ2) is 4.05. The highest BCUT2D eigenvalue weighted by Crippen LogP contribution is 2.35. The zero-order valence-corrected chi connectivity index (χ0v) is 10.3. The third kappa shape index (κ3) is 1.69. The Morgan fingerprint density at radius 3 is 2.95 bits per heavy atom. The summed E-state index contributed by atoms with van der Waals surface area (Å²) in [7, 11) is 0. The van der Waals surface area contributed by atoms with Crippen molar-refractivity contribution in [3.8, 4) is 17.5 Å². The minimum Gasteiger partial charge on any atom is -0.482 e. The predicted octanol–water partition coefficient (Wildman–Crippen LogP) is 1.11. The van der Waals surface area contributed by atoms with Crippen molar-refractivity contribution in [3.05, 3.63) is 35.7 Å². The third-order valence-electron chi connectivity index (χ3n) is 3.08. The Kier molecular flexibility index (Phi) is 2.22. The molecule has 0 fully saturated rings. The van der Waals surface area contributed by atoms with E-state index in [0.29, 0.717) is 18.1 Å². The molecule has 0 saturated carbocycles. The molecule has 3 heterocycles. The van der Waals surface area contributed by atoms with Gasteiger partial charge in [-0.3, -0.25) is 5.10 Å². The number of ether oxygens (including phenoxy) is 1. The molecule has 4 rings (SSSR count). The SMILES string of the molecule is Nc1n[nH]c(-c2nc(C3Cc4ccccc4O3)no2)n1. The van der Waals surface area contributed by atoms with Crippen LogP contribution in [0.15, 0.2) is 28.8 Å². The van der Waals surface area contributed by atoms with Crippen LogP contribution in [0.25, 0.3) is 11.7 Å². The van der Waals surface area contributed by atoms with Crippen molar-refractivity contribution in [1.82, 2.24) is 25.3 Å². The van der Waals surface area contributed by atoms with Gasteiger partial charge in [0, 0.05) is 6.42 Å². The van der Waals surface area contributed by atoms with Crippen LogP contribution in [-0.4, -0.2) is 25.3 Å². The first-order valence-corrected chi connectivity index (χ1v) is 6.06. The Bertz CT molecular complexity index is 740. The molecule has 100 valence electrons. The van der Waals surface area contributed by atoms with E-state index in [1.54, 1.807) is 0 Å². The fourth-order valence-electron chi connectivity index (χ4n) is 2.16. The Morgan fingerprint density at radius 1 is 1.25 bits per heavy atom. The minimum absolute atomic E-state index is 0.129. The number of aromatic nitrogens is 5. The summed E-state index contributed by atoms with van der Waals surface area (Å²) in [6.07, 6.45) is 0.471. The van der Waals surface area contributed by atoms with Crippen molar-refractivity contribution >= 4 is 5.95 Å². The number of fused-ring (bicyclic) bond motifs is 1. The molecular weight excluding hydrogens is 260 g/mol. The van der Waals surface area contributed by atoms with Gasteiger partial charge in [-0.05, 0) is 11.6 Å². The summed E-state index contributed by atoms with van der Waals surface area (Å²) in [5, 5.41) is 10.3. The molecule has 20 heavy (non-hydrogen) atoms. The highest BCUT2D eigenvalue weighted by Gasteiger charge is 2.28. The number of anilines is 1. The Hall–Kier alpha value is -2.90. The van der Waals surface area contributed by atoms with E-state index in [1.807, 2.05) is 24.3 Å². The van der Waals surface area contributed by atoms with E-state index in [4.69, 9.17) is 15.0 Å². The second-order valence-corrected chi connectivity index (χ2v) is 4.42. The molecule has 1 aromatic carbocycles. The van der Waals surface area contributed by atoms with Crippen molar-refractivity contribution < 1.29 is 9.26 Å². The van der Waals surface area contributed by atoms with Gasteiger partial charge in [0.15, 0.2) is 6.10 Å². The average Bonchev–Trinajstić information content (AvgIpc) is 3.16. The van der Waals surface area contributed by atoms with Gasteiger partial charge in [-0.25, -0.2) is 0 Å². The third-order valence-corrected chi connectivity index (χ3v) is 3.08. The van der Waals surface area contributed by atoms with E-state index in [2.05, 4.69) is 25.3 Å². The maximum Gasteiger partial charge on any atom is 0.295 e. The lowest BCUT2D eigenvalue weighted by Crippen LogP contribution is -2.05. The standard InChI is InChI=1S/C12H10N6O2/c13-12-15-10(16-17-12)11-14-9(18-20-11)8-5-6-3-1-2-4-7(6)19-8/h1-4,8H,5H2,(H3,13,15,16,17). The first kappa shape index (κ1) is 11.0. The second-order valence-electron chi connectivity index (χ2n) is 4.42. The molecular formula is C12H10N6O2. The number of nitrogen functional groups attached to an aromatic ring is 1. The van der Waals surface area contributed by atoms with Crippen LogP contribution < -0.4 is 10.5 Å². The van der Waals surface area contributed by atoms with E-state index in [-0.39, 0.29) is 17.9 Å². The Labute approximate surface area is 113 Å². The summed E-state index contributed by atoms with van der Waals surface area (Å²) in [4.78, 5) is 8.20. The molecule has 0 saturated heterocycles. The number of nitrogens with two attached hydrogens (primary N) is 1. The maximum atomic E-state index is 5.79. The molecule has 3 N–H and O–H groups in total. The Morgan fingerprint density at radius 2 is 2.15 bits per heavy atom. The van der Waals surface area contributed by atoms with E-state index in [1.165, 1.54) is 0 Å². The highest BCUT2D eigenvalue weighted by atomic mass is 16.5. The Balaban J connectivity index is 1.61. The molecule has 0 spiro atoms. The van der Waals surface area contributed by atoms with Gasteiger partial charge >= 0.3 is 0 Å². The maximum absolute atomic E-state index is 5.79. The van der Waals surface area contributed by atoms with Crippen molar-refractivity contribution in [2.45, 2.75) is 12.5 Å². The molecule has 0 bridgehead atoms. The molecule has 1 aliphatic heterocycles. The average molecular weight is 270 g/mol. The van der Waals surface area contributed by atoms with E-state index < -0.39 is 0 Å². The molecule has 3 aromatic rings. The van der Waals surface area contributed by atoms with Crippen molar-refractivity contribution in [3.63, 3.8) is 0 Å². The van der Waals surface area contributed by atoms with Crippen LogP contribution in [0.2, 0.25) is 0 Å². The first-order chi connectivity index (χ1) is 9.79. The summed E-state index contributed by atoms with van der Waals surface area (Å²) >= 11 is 0. The lowest BCUT2D eigenvalue weighted by Gasteiger charge is -2.04. The smallest absolute Gasteiger partial charge is 0.295 e. The molecule has 8 heteroatoms. The number of rotatable bonds is 2. The normalized spacial score (nSPS) is 16.9. The van der Waals surface area contributed by atoms with Crippen LogP contribution >= 0.6 is 0 Å². The molecule has 0 aliphatic carbocycles. The van der Waals surface area contributed by atoms with Gasteiger partial charge in [0.25, 0.3) is 5.89 Å². The van der Waals surface area contributed by atoms with Crippen LogP contribution in [-0.2, 0) is 6.42 Å². The molecule has 1 unspecified atom stereocenters. The molecule has 0 amide bonds. The fourth-order valence-corrected chi connectivity index (χ4v) is 2.16. The molecule has 0 radical (unpaired) electrons. The number of hydrogen-bond donors (Lipinski definition) is 2. The summed E-state index contributed by atoms with van der Waals surface area (Å²) in [5.41, 5.74) is 6.57. The van der Waals surface area contributed by atoms with Gasteiger partial charge in [0.2, 0.25) is 17.6 Å². The number of nitrogens with one attached hydrogen (secondary N) is 1. The quantitative estimate of drug-likeness (QED) is 0.716. The van der Waals surface area contributed by atoms with Crippen molar-refractivity contribution in [2.24, 2.45) is 0 Å². The van der Waals surface area contributed by atoms with Gasteiger partial charge in [-0.1, -0.05) is 23.4 Å². The number of hydrogen-bond acceptors (Lipinski definition) is 7. The van der Waals surface area contributed by atoms with Crippen molar-refractivity contribution in [1.29, 1.82) is 0 Å². The van der Waals surface area contributed by atoms with Crippen LogP contribution in [0.3, 0.4) is 0 Å². The number of para-hydroxylation sites is 1. The van der Waals surface area contributed by atoms with Gasteiger partial charge in [0.05, 0.1) is 0 Å². The van der Waals surface area contributed by atoms with Gasteiger partial charge < -0.3 is 15.0 Å². The molecule has 1 atom stereocenters. The summed E-state index contributed by atoms with van der Waals surface area (Å²) in [5.74, 6) is 2.05. The lowest BCUT2D eigenvalue weighted by atomic mass is 10.1. The number of benzene rings is 1. The molecule has 2 aromatic heterocycles. The van der Waals surface area contributed by atoms with Gasteiger partial charge in [-0.15, -0.1) is 5.10 Å². The van der Waals surface area contributed by atoms with Crippen LogP contribution in [0.5, 0.6) is 5.75 Å². The summed E-state index contributed by atoms with van der Waals surface area (Å²) < 4.78 is 10.9. The fraction of sp³-hybridized carbons (Fsp3) is 0.167. The van der Waals surface area contributed by atoms with Crippen molar-refractivity contribution in [2.75, 3.05) is 5.73 Å². The molecule has 8 nitrogen and oxygen atoms in total. The van der Waals surface area contributed by atoms with Gasteiger partial charge in [-0.2, -0.15) is 9.97 Å². The topological polar surface area (TPSA) is 116 Å². The largest absolute Gasteiger partial charge is 0.482 e. The number of H-pyrrole nitrogens is 1. The zero-order chi connectivity index (χ0) is 13.5. The first-order valence-electron chi connectivity index (χ1n) is 6.06. The van der Waals surface area contributed by atoms with Crippen LogP contribution in [0, 0.1) is 0 Å². The van der Waals surface area contributed by atoms with E-state index in [9.17, 15) is 0 Å². The van der Waals surface area contributed by atoms with E-state index >= 15 is 0 Å². The summed E-state index contributed by atoms with van der Waals surface area (Å²) in [6.45, 7) is 0. The van der Waals surface area contributed by atoms with E-state index in [0.717, 1.165) is 11.3 Å². The zero-order valence-electron chi connectivity index (χ0n) is 10.3. The number of nitrogens with zero attached hydrogens (tertiary/aromatic N) is 4. The van der Waals surface area contributed by atoms with Crippen LogP contribution in [0.4, 0.5) is 5.95 Å². The lowest BCUT2D eigenvalue weighted by molar-refractivity contribution is 0.221. The van der Waals surface area contributed by atoms with Gasteiger partial charge in [0.1, 0.15) is 5.75 Å². The highest BCUT2D eigenvalue weighted by molar-refractivity contribution is 5.42. The summed E-state index contributed by atoms with van der Waals surface area (Å²) in [6, 6.07) is 7.85. The minimum atomic E-state index is -0.245. The monoisotopic (exact) mass is 270 g/mol. The van der Waals surface area contributed by atoms with Crippen LogP contribution in [0.1, 0.15) is 17.5 Å². The predicted molar refractivity (Wildman–Crippen MR) is 67.6 cm³/mol.